The van der Waals surface area contributed by atoms with Gasteiger partial charge in [-0.25, -0.2) is 4.79 Å². The zero-order valence-electron chi connectivity index (χ0n) is 13.4. The summed E-state index contributed by atoms with van der Waals surface area (Å²) in [6, 6.07) is -0.0321. The number of carbonyl (C=O) groups is 1. The average Bonchev–Trinajstić information content (AvgIpc) is 2.25. The van der Waals surface area contributed by atoms with Crippen molar-refractivity contribution < 1.29 is 14.6 Å². The van der Waals surface area contributed by atoms with E-state index in [0.717, 1.165) is 12.8 Å². The van der Waals surface area contributed by atoms with Crippen molar-refractivity contribution in [2.75, 3.05) is 6.61 Å². The van der Waals surface area contributed by atoms with Crippen LogP contribution in [0, 0.1) is 5.41 Å². The Balaban J connectivity index is 2.49. The predicted octanol–water partition coefficient (Wildman–Crippen LogP) is 2.04. The van der Waals surface area contributed by atoms with Gasteiger partial charge < -0.3 is 20.5 Å². The molecule has 1 rings (SSSR count). The van der Waals surface area contributed by atoms with Crippen molar-refractivity contribution in [3.8, 4) is 0 Å². The van der Waals surface area contributed by atoms with E-state index in [1.807, 2.05) is 13.8 Å². The Morgan fingerprint density at radius 2 is 1.85 bits per heavy atom. The minimum atomic E-state index is -0.148. The second kappa shape index (κ2) is 7.27. The molecule has 118 valence electrons. The number of ether oxygens (including phenoxy) is 1. The molecule has 0 unspecified atom stereocenters. The Bertz CT molecular complexity index is 305. The number of carbonyl (C=O) groups excluding carboxylic acids is 1. The zero-order chi connectivity index (χ0) is 15.3. The van der Waals surface area contributed by atoms with Crippen LogP contribution in [0.3, 0.4) is 0 Å². The summed E-state index contributed by atoms with van der Waals surface area (Å²) in [4.78, 5) is 12.1. The molecule has 0 spiro atoms. The molecule has 0 aliphatic carbocycles. The van der Waals surface area contributed by atoms with Crippen molar-refractivity contribution in [2.24, 2.45) is 5.41 Å². The summed E-state index contributed by atoms with van der Waals surface area (Å²) in [5.41, 5.74) is -0.0731. The van der Waals surface area contributed by atoms with E-state index in [2.05, 4.69) is 31.4 Å². The van der Waals surface area contributed by atoms with Gasteiger partial charge in [0, 0.05) is 18.7 Å². The van der Waals surface area contributed by atoms with Crippen LogP contribution in [-0.2, 0) is 4.74 Å². The normalized spacial score (nSPS) is 28.8. The minimum Gasteiger partial charge on any atom is -0.396 e. The molecule has 1 aliphatic heterocycles. The number of urea groups is 1. The van der Waals surface area contributed by atoms with Gasteiger partial charge >= 0.3 is 6.03 Å². The first-order valence-electron chi connectivity index (χ1n) is 7.55. The summed E-state index contributed by atoms with van der Waals surface area (Å²) in [7, 11) is 0. The highest BCUT2D eigenvalue weighted by Gasteiger charge is 2.29. The molecule has 1 aliphatic rings. The molecular weight excluding hydrogens is 256 g/mol. The van der Waals surface area contributed by atoms with Gasteiger partial charge in [-0.3, -0.25) is 0 Å². The van der Waals surface area contributed by atoms with E-state index < -0.39 is 0 Å². The molecule has 5 nitrogen and oxygen atoms in total. The van der Waals surface area contributed by atoms with Crippen LogP contribution in [0.15, 0.2) is 0 Å². The highest BCUT2D eigenvalue weighted by atomic mass is 16.5. The summed E-state index contributed by atoms with van der Waals surface area (Å²) >= 11 is 0. The third-order valence-corrected chi connectivity index (χ3v) is 3.80. The number of amides is 2. The first-order valence-corrected chi connectivity index (χ1v) is 7.55. The lowest BCUT2D eigenvalue weighted by Gasteiger charge is -2.35. The smallest absolute Gasteiger partial charge is 0.315 e. The van der Waals surface area contributed by atoms with Crippen LogP contribution in [0.4, 0.5) is 4.79 Å². The average molecular weight is 286 g/mol. The molecule has 3 atom stereocenters. The fourth-order valence-electron chi connectivity index (χ4n) is 2.76. The van der Waals surface area contributed by atoms with Crippen LogP contribution in [0.1, 0.15) is 53.9 Å². The van der Waals surface area contributed by atoms with E-state index in [0.29, 0.717) is 6.42 Å². The van der Waals surface area contributed by atoms with Gasteiger partial charge in [0.1, 0.15) is 0 Å². The number of nitrogens with one attached hydrogen (secondary N) is 2. The lowest BCUT2D eigenvalue weighted by molar-refractivity contribution is -0.0402. The molecule has 0 aromatic rings. The molecule has 0 bridgehead atoms. The second-order valence-electron chi connectivity index (χ2n) is 6.97. The van der Waals surface area contributed by atoms with Crippen LogP contribution in [0.25, 0.3) is 0 Å². The second-order valence-corrected chi connectivity index (χ2v) is 6.97. The molecule has 1 heterocycles. The Kier molecular flexibility index (Phi) is 6.27. The van der Waals surface area contributed by atoms with E-state index in [1.54, 1.807) is 0 Å². The van der Waals surface area contributed by atoms with Crippen LogP contribution in [0.2, 0.25) is 0 Å². The molecule has 5 heteroatoms. The lowest BCUT2D eigenvalue weighted by atomic mass is 9.85. The van der Waals surface area contributed by atoms with Gasteiger partial charge in [0.2, 0.25) is 0 Å². The van der Waals surface area contributed by atoms with Crippen molar-refractivity contribution in [3.05, 3.63) is 0 Å². The molecule has 1 fully saturated rings. The third kappa shape index (κ3) is 5.67. The number of aliphatic hydroxyl groups is 1. The van der Waals surface area contributed by atoms with Crippen LogP contribution in [-0.4, -0.2) is 42.0 Å². The van der Waals surface area contributed by atoms with E-state index in [1.165, 1.54) is 0 Å². The van der Waals surface area contributed by atoms with Crippen LogP contribution >= 0.6 is 0 Å². The fourth-order valence-corrected chi connectivity index (χ4v) is 2.76. The maximum Gasteiger partial charge on any atom is 0.315 e. The summed E-state index contributed by atoms with van der Waals surface area (Å²) in [5, 5.41) is 15.1. The summed E-state index contributed by atoms with van der Waals surface area (Å²) < 4.78 is 5.67. The van der Waals surface area contributed by atoms with Crippen LogP contribution < -0.4 is 10.6 Å². The summed E-state index contributed by atoms with van der Waals surface area (Å²) in [6.45, 7) is 10.3. The van der Waals surface area contributed by atoms with E-state index in [4.69, 9.17) is 9.84 Å². The van der Waals surface area contributed by atoms with E-state index >= 15 is 0 Å². The van der Waals surface area contributed by atoms with E-state index in [-0.39, 0.29) is 42.3 Å². The Morgan fingerprint density at radius 3 is 2.30 bits per heavy atom. The molecular formula is C15H30N2O3. The van der Waals surface area contributed by atoms with Crippen molar-refractivity contribution in [1.82, 2.24) is 10.6 Å². The monoisotopic (exact) mass is 286 g/mol. The predicted molar refractivity (Wildman–Crippen MR) is 79.6 cm³/mol. The van der Waals surface area contributed by atoms with Crippen molar-refractivity contribution in [3.63, 3.8) is 0 Å². The van der Waals surface area contributed by atoms with Gasteiger partial charge in [-0.05, 0) is 38.5 Å². The largest absolute Gasteiger partial charge is 0.396 e. The molecule has 0 aromatic heterocycles. The number of hydrogen-bond acceptors (Lipinski definition) is 3. The maximum absolute atomic E-state index is 12.1. The molecule has 2 amide bonds. The van der Waals surface area contributed by atoms with Gasteiger partial charge in [-0.1, -0.05) is 20.8 Å². The Hall–Kier alpha value is -0.810. The highest BCUT2D eigenvalue weighted by Crippen LogP contribution is 2.22. The van der Waals surface area contributed by atoms with Gasteiger partial charge in [0.15, 0.2) is 0 Å². The van der Waals surface area contributed by atoms with Gasteiger partial charge in [0.25, 0.3) is 0 Å². The maximum atomic E-state index is 12.1. The van der Waals surface area contributed by atoms with Gasteiger partial charge in [-0.2, -0.15) is 0 Å². The number of aliphatic hydroxyl groups excluding tert-OH is 1. The molecule has 0 saturated carbocycles. The Morgan fingerprint density at radius 1 is 1.30 bits per heavy atom. The molecule has 3 N–H and O–H groups in total. The molecule has 0 aromatic carbocycles. The minimum absolute atomic E-state index is 0.0396. The Labute approximate surface area is 122 Å². The van der Waals surface area contributed by atoms with Crippen LogP contribution in [0.5, 0.6) is 0 Å². The third-order valence-electron chi connectivity index (χ3n) is 3.80. The quantitative estimate of drug-likeness (QED) is 0.740. The summed E-state index contributed by atoms with van der Waals surface area (Å²) in [6.07, 6.45) is 2.62. The molecule has 1 saturated heterocycles. The van der Waals surface area contributed by atoms with Crippen molar-refractivity contribution in [2.45, 2.75) is 78.2 Å². The van der Waals surface area contributed by atoms with Gasteiger partial charge in [0.05, 0.1) is 12.2 Å². The first kappa shape index (κ1) is 17.2. The fraction of sp³-hybridized carbons (Fsp3) is 0.933. The van der Waals surface area contributed by atoms with Crippen molar-refractivity contribution in [1.29, 1.82) is 0 Å². The number of rotatable bonds is 4. The standard InChI is InChI=1S/C15H30N2O3/c1-10-8-12(9-11(2)20-10)16-14(19)17-13(6-7-18)15(3,4)5/h10-13,18H,6-9H2,1-5H3,(H2,16,17,19)/t10-,11-,13+/m1/s1. The highest BCUT2D eigenvalue weighted by molar-refractivity contribution is 5.74. The van der Waals surface area contributed by atoms with Gasteiger partial charge in [-0.15, -0.1) is 0 Å². The first-order chi connectivity index (χ1) is 9.22. The summed E-state index contributed by atoms with van der Waals surface area (Å²) in [5.74, 6) is 0. The SMILES string of the molecule is C[C@@H]1CC(NC(=O)N[C@@H](CCO)C(C)(C)C)C[C@@H](C)O1. The number of hydrogen-bond donors (Lipinski definition) is 3. The molecule has 20 heavy (non-hydrogen) atoms. The zero-order valence-corrected chi connectivity index (χ0v) is 13.4. The topological polar surface area (TPSA) is 70.6 Å². The van der Waals surface area contributed by atoms with E-state index in [9.17, 15) is 4.79 Å². The molecule has 0 radical (unpaired) electrons. The van der Waals surface area contributed by atoms with Crippen molar-refractivity contribution >= 4 is 6.03 Å². The lowest BCUT2D eigenvalue weighted by Crippen LogP contribution is -2.52.